The summed E-state index contributed by atoms with van der Waals surface area (Å²) in [6, 6.07) is 3.29. The molecule has 1 unspecified atom stereocenters. The fourth-order valence-electron chi connectivity index (χ4n) is 2.75. The molecule has 0 aromatic carbocycles. The van der Waals surface area contributed by atoms with Gasteiger partial charge < -0.3 is 15.5 Å². The molecule has 0 bridgehead atoms. The number of anilines is 1. The van der Waals surface area contributed by atoms with Gasteiger partial charge in [-0.3, -0.25) is 9.59 Å². The number of aromatic nitrogens is 1. The molecular formula is C13H16N4O2. The monoisotopic (exact) mass is 260 g/mol. The zero-order valence-corrected chi connectivity index (χ0v) is 10.6. The fourth-order valence-corrected chi connectivity index (χ4v) is 2.75. The van der Waals surface area contributed by atoms with E-state index in [1.54, 1.807) is 22.1 Å². The van der Waals surface area contributed by atoms with Crippen LogP contribution in [0.1, 0.15) is 18.4 Å². The Balaban J connectivity index is 1.76. The van der Waals surface area contributed by atoms with E-state index in [2.05, 4.69) is 4.98 Å². The Morgan fingerprint density at radius 3 is 2.95 bits per heavy atom. The molecule has 6 nitrogen and oxygen atoms in total. The first-order valence-corrected chi connectivity index (χ1v) is 6.44. The van der Waals surface area contributed by atoms with Crippen LogP contribution < -0.4 is 5.73 Å². The van der Waals surface area contributed by atoms with E-state index < -0.39 is 0 Å². The maximum Gasteiger partial charge on any atom is 0.246 e. The Bertz CT molecular complexity index is 514. The smallest absolute Gasteiger partial charge is 0.246 e. The molecule has 100 valence electrons. The van der Waals surface area contributed by atoms with Gasteiger partial charge in [0.05, 0.1) is 0 Å². The highest BCUT2D eigenvalue weighted by Gasteiger charge is 2.41. The number of nitrogens with zero attached hydrogens (tertiary/aromatic N) is 3. The van der Waals surface area contributed by atoms with E-state index in [9.17, 15) is 9.59 Å². The number of nitrogens with two attached hydrogens (primary N) is 1. The number of hydrogen-bond acceptors (Lipinski definition) is 4. The number of carbonyl (C=O) groups excluding carboxylic acids is 2. The van der Waals surface area contributed by atoms with Gasteiger partial charge in [-0.1, -0.05) is 6.07 Å². The number of piperazine rings is 1. The van der Waals surface area contributed by atoms with Crippen LogP contribution in [-0.2, 0) is 16.1 Å². The van der Waals surface area contributed by atoms with E-state index in [1.165, 1.54) is 0 Å². The summed E-state index contributed by atoms with van der Waals surface area (Å²) in [7, 11) is 0. The molecule has 0 radical (unpaired) electrons. The lowest BCUT2D eigenvalue weighted by atomic mass is 10.1. The van der Waals surface area contributed by atoms with Crippen LogP contribution >= 0.6 is 0 Å². The summed E-state index contributed by atoms with van der Waals surface area (Å²) in [5, 5.41) is 0. The summed E-state index contributed by atoms with van der Waals surface area (Å²) in [6.45, 7) is 1.30. The first-order valence-electron chi connectivity index (χ1n) is 6.44. The van der Waals surface area contributed by atoms with Crippen LogP contribution in [0.25, 0.3) is 0 Å². The van der Waals surface area contributed by atoms with Crippen LogP contribution in [0.4, 0.5) is 5.82 Å². The standard InChI is InChI=1S/C13H16N4O2/c14-11-4-3-9(6-15-11)7-16-8-12(18)17-5-1-2-10(17)13(16)19/h3-4,6,10H,1-2,5,7-8H2,(H2,14,15). The van der Waals surface area contributed by atoms with Gasteiger partial charge >= 0.3 is 0 Å². The highest BCUT2D eigenvalue weighted by Crippen LogP contribution is 2.24. The van der Waals surface area contributed by atoms with Gasteiger partial charge in [-0.15, -0.1) is 0 Å². The predicted octanol–water partition coefficient (Wildman–Crippen LogP) is -0.00300. The number of fused-ring (bicyclic) bond motifs is 1. The van der Waals surface area contributed by atoms with Gasteiger partial charge in [0, 0.05) is 19.3 Å². The average Bonchev–Trinajstić information content (AvgIpc) is 2.88. The maximum atomic E-state index is 12.3. The van der Waals surface area contributed by atoms with Gasteiger partial charge in [0.15, 0.2) is 0 Å². The van der Waals surface area contributed by atoms with Crippen molar-refractivity contribution < 1.29 is 9.59 Å². The van der Waals surface area contributed by atoms with E-state index >= 15 is 0 Å². The molecule has 2 saturated heterocycles. The molecular weight excluding hydrogens is 244 g/mol. The van der Waals surface area contributed by atoms with Gasteiger partial charge in [0.25, 0.3) is 0 Å². The average molecular weight is 260 g/mol. The minimum atomic E-state index is -0.247. The normalized spacial score (nSPS) is 22.8. The fraction of sp³-hybridized carbons (Fsp3) is 0.462. The summed E-state index contributed by atoms with van der Waals surface area (Å²) in [4.78, 5) is 31.6. The Morgan fingerprint density at radius 1 is 1.37 bits per heavy atom. The Labute approximate surface area is 111 Å². The Hall–Kier alpha value is -2.11. The van der Waals surface area contributed by atoms with E-state index in [1.807, 2.05) is 6.07 Å². The van der Waals surface area contributed by atoms with Crippen molar-refractivity contribution in [3.05, 3.63) is 23.9 Å². The predicted molar refractivity (Wildman–Crippen MR) is 68.8 cm³/mol. The van der Waals surface area contributed by atoms with Crippen molar-refractivity contribution in [3.63, 3.8) is 0 Å². The summed E-state index contributed by atoms with van der Waals surface area (Å²) in [5.74, 6) is 0.547. The van der Waals surface area contributed by atoms with Crippen LogP contribution in [0.2, 0.25) is 0 Å². The van der Waals surface area contributed by atoms with Crippen molar-refractivity contribution in [3.8, 4) is 0 Å². The number of hydrogen-bond donors (Lipinski definition) is 1. The lowest BCUT2D eigenvalue weighted by molar-refractivity contribution is -0.154. The minimum Gasteiger partial charge on any atom is -0.384 e. The van der Waals surface area contributed by atoms with E-state index in [0.717, 1.165) is 18.4 Å². The first kappa shape index (κ1) is 12.0. The molecule has 19 heavy (non-hydrogen) atoms. The van der Waals surface area contributed by atoms with Crippen molar-refractivity contribution in [2.45, 2.75) is 25.4 Å². The van der Waals surface area contributed by atoms with Crippen molar-refractivity contribution in [2.75, 3.05) is 18.8 Å². The number of nitrogen functional groups attached to an aromatic ring is 1. The van der Waals surface area contributed by atoms with E-state index in [0.29, 0.717) is 18.9 Å². The van der Waals surface area contributed by atoms with Crippen molar-refractivity contribution in [1.29, 1.82) is 0 Å². The SMILES string of the molecule is Nc1ccc(CN2CC(=O)N3CCCC3C2=O)cn1. The van der Waals surface area contributed by atoms with Crippen LogP contribution in [0, 0.1) is 0 Å². The Kier molecular flexibility index (Phi) is 2.85. The summed E-state index contributed by atoms with van der Waals surface area (Å²) >= 11 is 0. The van der Waals surface area contributed by atoms with Crippen LogP contribution in [-0.4, -0.2) is 45.7 Å². The van der Waals surface area contributed by atoms with Crippen molar-refractivity contribution in [1.82, 2.24) is 14.8 Å². The molecule has 0 saturated carbocycles. The quantitative estimate of drug-likeness (QED) is 0.811. The summed E-state index contributed by atoms with van der Waals surface area (Å²) in [6.07, 6.45) is 3.34. The number of amides is 2. The van der Waals surface area contributed by atoms with Crippen LogP contribution in [0.15, 0.2) is 18.3 Å². The maximum absolute atomic E-state index is 12.3. The molecule has 1 aromatic heterocycles. The van der Waals surface area contributed by atoms with Crippen molar-refractivity contribution in [2.24, 2.45) is 0 Å². The highest BCUT2D eigenvalue weighted by molar-refractivity contribution is 5.95. The number of carbonyl (C=O) groups is 2. The lowest BCUT2D eigenvalue weighted by Gasteiger charge is -2.36. The van der Waals surface area contributed by atoms with Gasteiger partial charge in [-0.2, -0.15) is 0 Å². The van der Waals surface area contributed by atoms with Gasteiger partial charge in [0.1, 0.15) is 18.4 Å². The highest BCUT2D eigenvalue weighted by atomic mass is 16.2. The third-order valence-electron chi connectivity index (χ3n) is 3.72. The molecule has 0 aliphatic carbocycles. The lowest BCUT2D eigenvalue weighted by Crippen LogP contribution is -2.56. The van der Waals surface area contributed by atoms with Crippen LogP contribution in [0.3, 0.4) is 0 Å². The molecule has 6 heteroatoms. The molecule has 2 aliphatic rings. The van der Waals surface area contributed by atoms with Gasteiger partial charge in [-0.25, -0.2) is 4.98 Å². The molecule has 3 rings (SSSR count). The molecule has 2 fully saturated rings. The second-order valence-corrected chi connectivity index (χ2v) is 5.03. The number of rotatable bonds is 2. The summed E-state index contributed by atoms with van der Waals surface area (Å²) < 4.78 is 0. The third-order valence-corrected chi connectivity index (χ3v) is 3.72. The molecule has 1 aromatic rings. The largest absolute Gasteiger partial charge is 0.384 e. The van der Waals surface area contributed by atoms with E-state index in [-0.39, 0.29) is 24.4 Å². The molecule has 3 heterocycles. The Morgan fingerprint density at radius 2 is 2.21 bits per heavy atom. The first-order chi connectivity index (χ1) is 9.15. The van der Waals surface area contributed by atoms with Crippen LogP contribution in [0.5, 0.6) is 0 Å². The molecule has 0 spiro atoms. The zero-order valence-electron chi connectivity index (χ0n) is 10.6. The van der Waals surface area contributed by atoms with Gasteiger partial charge in [-0.05, 0) is 24.5 Å². The zero-order chi connectivity index (χ0) is 13.4. The van der Waals surface area contributed by atoms with E-state index in [4.69, 9.17) is 5.73 Å². The molecule has 1 atom stereocenters. The minimum absolute atomic E-state index is 0.0468. The second-order valence-electron chi connectivity index (χ2n) is 5.03. The topological polar surface area (TPSA) is 79.5 Å². The molecule has 2 N–H and O–H groups in total. The third kappa shape index (κ3) is 2.14. The second kappa shape index (κ2) is 4.53. The molecule has 2 aliphatic heterocycles. The van der Waals surface area contributed by atoms with Crippen molar-refractivity contribution >= 4 is 17.6 Å². The molecule has 2 amide bonds. The number of pyridine rings is 1. The van der Waals surface area contributed by atoms with Gasteiger partial charge in [0.2, 0.25) is 11.8 Å². The summed E-state index contributed by atoms with van der Waals surface area (Å²) in [5.41, 5.74) is 6.42.